The van der Waals surface area contributed by atoms with Crippen LogP contribution in [0.3, 0.4) is 0 Å². The standard InChI is InChI=1S/C21H20F3N5O/c22-21(23,24)19-17(14-26-29(19)16-7-3-1-4-8-16)20(30)27-15-9-10-18(25-13-15)28-11-5-2-6-12-28/h1,3-4,7-10,13-14H,2,5-6,11-12H2,(H,27,30). The number of nitrogens with one attached hydrogen (secondary N) is 1. The van der Waals surface area contributed by atoms with E-state index < -0.39 is 23.3 Å². The van der Waals surface area contributed by atoms with Gasteiger partial charge in [-0.15, -0.1) is 0 Å². The van der Waals surface area contributed by atoms with Gasteiger partial charge in [0.1, 0.15) is 5.82 Å². The Balaban J connectivity index is 1.57. The lowest BCUT2D eigenvalue weighted by Gasteiger charge is -2.27. The summed E-state index contributed by atoms with van der Waals surface area (Å²) in [6, 6.07) is 11.3. The normalized spacial score (nSPS) is 14.6. The van der Waals surface area contributed by atoms with Gasteiger partial charge < -0.3 is 10.2 Å². The number of benzene rings is 1. The number of hydrogen-bond acceptors (Lipinski definition) is 4. The summed E-state index contributed by atoms with van der Waals surface area (Å²) >= 11 is 0. The van der Waals surface area contributed by atoms with Gasteiger partial charge in [-0.1, -0.05) is 18.2 Å². The monoisotopic (exact) mass is 415 g/mol. The fraction of sp³-hybridized carbons (Fsp3) is 0.286. The molecule has 1 aromatic carbocycles. The van der Waals surface area contributed by atoms with Crippen molar-refractivity contribution in [3.8, 4) is 5.69 Å². The van der Waals surface area contributed by atoms with Crippen molar-refractivity contribution in [3.63, 3.8) is 0 Å². The fourth-order valence-electron chi connectivity index (χ4n) is 3.52. The molecule has 0 aliphatic carbocycles. The first-order chi connectivity index (χ1) is 14.4. The van der Waals surface area contributed by atoms with Gasteiger partial charge >= 0.3 is 6.18 Å². The highest BCUT2D eigenvalue weighted by molar-refractivity contribution is 6.05. The number of alkyl halides is 3. The molecule has 2 aromatic heterocycles. The van der Waals surface area contributed by atoms with Crippen LogP contribution in [0.2, 0.25) is 0 Å². The zero-order chi connectivity index (χ0) is 21.1. The molecule has 0 radical (unpaired) electrons. The SMILES string of the molecule is O=C(Nc1ccc(N2CCCCC2)nc1)c1cnn(-c2ccccc2)c1C(F)(F)F. The molecule has 1 amide bonds. The summed E-state index contributed by atoms with van der Waals surface area (Å²) in [5, 5.41) is 6.30. The summed E-state index contributed by atoms with van der Waals surface area (Å²) in [7, 11) is 0. The highest BCUT2D eigenvalue weighted by atomic mass is 19.4. The third kappa shape index (κ3) is 4.14. The highest BCUT2D eigenvalue weighted by Crippen LogP contribution is 2.34. The fourth-order valence-corrected chi connectivity index (χ4v) is 3.52. The summed E-state index contributed by atoms with van der Waals surface area (Å²) in [5.74, 6) is -0.0994. The topological polar surface area (TPSA) is 63.1 Å². The van der Waals surface area contributed by atoms with Gasteiger partial charge in [-0.3, -0.25) is 4.79 Å². The molecule has 4 rings (SSSR count). The average Bonchev–Trinajstić information content (AvgIpc) is 3.22. The minimum absolute atomic E-state index is 0.219. The minimum Gasteiger partial charge on any atom is -0.357 e. The number of halogens is 3. The lowest BCUT2D eigenvalue weighted by Crippen LogP contribution is -2.30. The Labute approximate surface area is 171 Å². The Morgan fingerprint density at radius 3 is 2.33 bits per heavy atom. The number of hydrogen-bond donors (Lipinski definition) is 1. The Morgan fingerprint density at radius 2 is 1.70 bits per heavy atom. The molecule has 1 N–H and O–H groups in total. The number of amides is 1. The number of rotatable bonds is 4. The van der Waals surface area contributed by atoms with E-state index in [-0.39, 0.29) is 5.69 Å². The largest absolute Gasteiger partial charge is 0.434 e. The van der Waals surface area contributed by atoms with Gasteiger partial charge in [-0.05, 0) is 43.5 Å². The van der Waals surface area contributed by atoms with Gasteiger partial charge in [0, 0.05) is 13.1 Å². The second-order valence-corrected chi connectivity index (χ2v) is 7.06. The van der Waals surface area contributed by atoms with Crippen LogP contribution < -0.4 is 10.2 Å². The molecular weight excluding hydrogens is 395 g/mol. The molecule has 0 bridgehead atoms. The van der Waals surface area contributed by atoms with Crippen LogP contribution >= 0.6 is 0 Å². The smallest absolute Gasteiger partial charge is 0.357 e. The van der Waals surface area contributed by atoms with E-state index in [1.54, 1.807) is 30.3 Å². The van der Waals surface area contributed by atoms with E-state index >= 15 is 0 Å². The van der Waals surface area contributed by atoms with E-state index in [0.717, 1.165) is 42.6 Å². The van der Waals surface area contributed by atoms with Crippen molar-refractivity contribution >= 4 is 17.4 Å². The second-order valence-electron chi connectivity index (χ2n) is 7.06. The van der Waals surface area contributed by atoms with Crippen molar-refractivity contribution in [1.82, 2.24) is 14.8 Å². The molecule has 0 unspecified atom stereocenters. The molecule has 0 saturated carbocycles. The Morgan fingerprint density at radius 1 is 0.967 bits per heavy atom. The van der Waals surface area contributed by atoms with Crippen LogP contribution in [0.1, 0.15) is 35.3 Å². The maximum absolute atomic E-state index is 13.7. The van der Waals surface area contributed by atoms with Gasteiger partial charge in [-0.2, -0.15) is 18.3 Å². The number of aromatic nitrogens is 3. The van der Waals surface area contributed by atoms with Crippen molar-refractivity contribution in [2.45, 2.75) is 25.4 Å². The zero-order valence-corrected chi connectivity index (χ0v) is 16.1. The first kappa shape index (κ1) is 19.9. The number of anilines is 2. The molecular formula is C21H20F3N5O. The minimum atomic E-state index is -4.75. The molecule has 1 saturated heterocycles. The summed E-state index contributed by atoms with van der Waals surface area (Å²) in [5.41, 5.74) is -1.13. The Hall–Kier alpha value is -3.36. The van der Waals surface area contributed by atoms with Crippen LogP contribution in [0.15, 0.2) is 54.9 Å². The van der Waals surface area contributed by atoms with Gasteiger partial charge in [0.25, 0.3) is 5.91 Å². The van der Waals surface area contributed by atoms with Crippen molar-refractivity contribution in [1.29, 1.82) is 0 Å². The quantitative estimate of drug-likeness (QED) is 0.680. The summed E-state index contributed by atoms with van der Waals surface area (Å²) in [6.45, 7) is 1.85. The third-order valence-corrected chi connectivity index (χ3v) is 4.97. The van der Waals surface area contributed by atoms with E-state index in [0.29, 0.717) is 5.69 Å². The van der Waals surface area contributed by atoms with Crippen molar-refractivity contribution < 1.29 is 18.0 Å². The number of para-hydroxylation sites is 1. The van der Waals surface area contributed by atoms with E-state index in [1.807, 2.05) is 0 Å². The number of carbonyl (C=O) groups excluding carboxylic acids is 1. The molecule has 1 aliphatic rings. The first-order valence-electron chi connectivity index (χ1n) is 9.66. The Kier molecular flexibility index (Phi) is 5.43. The van der Waals surface area contributed by atoms with Crippen LogP contribution in [0.5, 0.6) is 0 Å². The molecule has 30 heavy (non-hydrogen) atoms. The Bertz CT molecular complexity index is 1010. The predicted octanol–water partition coefficient (Wildman–Crippen LogP) is 4.53. The average molecular weight is 415 g/mol. The molecule has 1 fully saturated rings. The predicted molar refractivity (Wildman–Crippen MR) is 107 cm³/mol. The maximum atomic E-state index is 13.7. The van der Waals surface area contributed by atoms with E-state index in [9.17, 15) is 18.0 Å². The van der Waals surface area contributed by atoms with E-state index in [2.05, 4.69) is 20.3 Å². The van der Waals surface area contributed by atoms with Crippen LogP contribution in [-0.4, -0.2) is 33.8 Å². The van der Waals surface area contributed by atoms with Crippen LogP contribution in [0.25, 0.3) is 5.69 Å². The number of nitrogens with zero attached hydrogens (tertiary/aromatic N) is 4. The van der Waals surface area contributed by atoms with Crippen molar-refractivity contribution in [2.24, 2.45) is 0 Å². The number of pyridine rings is 1. The maximum Gasteiger partial charge on any atom is 0.434 e. The molecule has 3 heterocycles. The van der Waals surface area contributed by atoms with E-state index in [4.69, 9.17) is 0 Å². The van der Waals surface area contributed by atoms with Gasteiger partial charge in [-0.25, -0.2) is 9.67 Å². The summed E-state index contributed by atoms with van der Waals surface area (Å²) in [4.78, 5) is 19.1. The van der Waals surface area contributed by atoms with Gasteiger partial charge in [0.05, 0.1) is 29.3 Å². The number of piperidine rings is 1. The first-order valence-corrected chi connectivity index (χ1v) is 9.66. The molecule has 3 aromatic rings. The zero-order valence-electron chi connectivity index (χ0n) is 16.1. The van der Waals surface area contributed by atoms with Crippen LogP contribution in [0, 0.1) is 0 Å². The molecule has 0 spiro atoms. The molecule has 156 valence electrons. The second kappa shape index (κ2) is 8.17. The lowest BCUT2D eigenvalue weighted by molar-refractivity contribution is -0.143. The third-order valence-electron chi connectivity index (χ3n) is 4.97. The molecule has 9 heteroatoms. The van der Waals surface area contributed by atoms with Gasteiger partial charge in [0.2, 0.25) is 0 Å². The van der Waals surface area contributed by atoms with Gasteiger partial charge in [0.15, 0.2) is 5.69 Å². The number of carbonyl (C=O) groups is 1. The highest BCUT2D eigenvalue weighted by Gasteiger charge is 2.40. The molecule has 6 nitrogen and oxygen atoms in total. The summed E-state index contributed by atoms with van der Waals surface area (Å²) in [6.07, 6.45) is 1.03. The molecule has 1 aliphatic heterocycles. The van der Waals surface area contributed by atoms with Crippen LogP contribution in [0.4, 0.5) is 24.7 Å². The van der Waals surface area contributed by atoms with Crippen molar-refractivity contribution in [3.05, 3.63) is 66.1 Å². The summed E-state index contributed by atoms with van der Waals surface area (Å²) < 4.78 is 41.9. The van der Waals surface area contributed by atoms with E-state index in [1.165, 1.54) is 24.8 Å². The molecule has 0 atom stereocenters. The lowest BCUT2D eigenvalue weighted by atomic mass is 10.1. The van der Waals surface area contributed by atoms with Crippen LogP contribution in [-0.2, 0) is 6.18 Å². The van der Waals surface area contributed by atoms with Crippen molar-refractivity contribution in [2.75, 3.05) is 23.3 Å².